The summed E-state index contributed by atoms with van der Waals surface area (Å²) in [6.07, 6.45) is -3.49. The van der Waals surface area contributed by atoms with Gasteiger partial charge in [-0.3, -0.25) is 9.63 Å². The van der Waals surface area contributed by atoms with Gasteiger partial charge < -0.3 is 20.3 Å². The van der Waals surface area contributed by atoms with Crippen LogP contribution in [-0.4, -0.2) is 53.0 Å². The summed E-state index contributed by atoms with van der Waals surface area (Å²) in [4.78, 5) is 39.8. The highest BCUT2D eigenvalue weighted by Gasteiger charge is 2.33. The van der Waals surface area contributed by atoms with E-state index < -0.39 is 28.7 Å². The van der Waals surface area contributed by atoms with Crippen LogP contribution < -0.4 is 20.9 Å². The lowest BCUT2D eigenvalue weighted by Crippen LogP contribution is -2.31. The van der Waals surface area contributed by atoms with Gasteiger partial charge in [0.05, 0.1) is 17.2 Å². The average molecular weight is 567 g/mol. The van der Waals surface area contributed by atoms with Crippen LogP contribution in [0.4, 0.5) is 29.3 Å². The minimum absolute atomic E-state index is 0.0358. The first-order chi connectivity index (χ1) is 18.6. The molecule has 3 amide bonds. The monoisotopic (exact) mass is 566 g/mol. The van der Waals surface area contributed by atoms with E-state index in [9.17, 15) is 22.8 Å². The molecule has 14 heteroatoms. The Bertz CT molecular complexity index is 1270. The van der Waals surface area contributed by atoms with Crippen molar-refractivity contribution in [3.8, 4) is 11.6 Å². The number of anilines is 2. The molecule has 3 aromatic rings. The summed E-state index contributed by atoms with van der Waals surface area (Å²) in [5.74, 6) is -0.121. The number of carbonyl (C=O) groups excluding carboxylic acids is 2. The molecule has 3 N–H and O–H groups in total. The third-order valence-corrected chi connectivity index (χ3v) is 5.64. The van der Waals surface area contributed by atoms with Gasteiger partial charge in [0.1, 0.15) is 17.8 Å². The molecule has 2 aromatic carbocycles. The Labute approximate surface area is 227 Å². The number of aromatic nitrogens is 2. The fourth-order valence-electron chi connectivity index (χ4n) is 3.24. The van der Waals surface area contributed by atoms with E-state index in [0.717, 1.165) is 25.2 Å². The summed E-state index contributed by atoms with van der Waals surface area (Å²) >= 11 is 5.59. The molecular formula is C25H26ClF3N6O4. The maximum Gasteiger partial charge on any atom is 0.417 e. The number of ether oxygens (including phenoxy) is 1. The number of halogens is 4. The van der Waals surface area contributed by atoms with E-state index in [1.165, 1.54) is 42.7 Å². The first kappa shape index (κ1) is 29.6. The number of likely N-dealkylation sites (N-methyl/N-ethyl adjacent to an activating group) is 1. The molecule has 0 saturated carbocycles. The van der Waals surface area contributed by atoms with Crippen molar-refractivity contribution in [2.24, 2.45) is 0 Å². The molecule has 0 radical (unpaired) electrons. The number of alkyl halides is 3. The van der Waals surface area contributed by atoms with Gasteiger partial charge >= 0.3 is 12.2 Å². The summed E-state index contributed by atoms with van der Waals surface area (Å²) < 4.78 is 44.7. The van der Waals surface area contributed by atoms with Gasteiger partial charge in [0, 0.05) is 24.0 Å². The van der Waals surface area contributed by atoms with Gasteiger partial charge in [-0.05, 0) is 55.6 Å². The molecule has 0 spiro atoms. The van der Waals surface area contributed by atoms with Gasteiger partial charge in [0.25, 0.3) is 5.91 Å². The third kappa shape index (κ3) is 9.09. The summed E-state index contributed by atoms with van der Waals surface area (Å²) in [5, 5.41) is 4.35. The Morgan fingerprint density at radius 3 is 2.31 bits per heavy atom. The molecule has 1 aromatic heterocycles. The number of hydroxylamine groups is 1. The Morgan fingerprint density at radius 1 is 0.974 bits per heavy atom. The summed E-state index contributed by atoms with van der Waals surface area (Å²) in [6.45, 7) is 6.80. The first-order valence-corrected chi connectivity index (χ1v) is 12.2. The van der Waals surface area contributed by atoms with Gasteiger partial charge in [-0.2, -0.15) is 13.2 Å². The van der Waals surface area contributed by atoms with Gasteiger partial charge in [0.2, 0.25) is 5.88 Å². The van der Waals surface area contributed by atoms with E-state index in [-0.39, 0.29) is 17.3 Å². The Hall–Kier alpha value is -3.94. The summed E-state index contributed by atoms with van der Waals surface area (Å²) in [7, 11) is 0. The van der Waals surface area contributed by atoms with Crippen LogP contribution in [0.1, 0.15) is 29.9 Å². The summed E-state index contributed by atoms with van der Waals surface area (Å²) in [5.41, 5.74) is 1.57. The minimum Gasteiger partial charge on any atom is -0.439 e. The smallest absolute Gasteiger partial charge is 0.417 e. The standard InChI is InChI=1S/C25H26ClF3N6O4/c1-3-35(4-2)11-12-38-34-23(36)21-14-22(31-15-30-21)39-18-8-5-16(6-9-18)32-24(37)33-17-7-10-20(26)19(13-17)25(27,28)29/h5-10,13-15H,3-4,11-12H2,1-2H3,(H,34,36)(H2,32,33,37). The first-order valence-electron chi connectivity index (χ1n) is 11.8. The van der Waals surface area contributed by atoms with Crippen molar-refractivity contribution in [3.05, 3.63) is 71.1 Å². The Morgan fingerprint density at radius 2 is 1.64 bits per heavy atom. The van der Waals surface area contributed by atoms with E-state index in [1.54, 1.807) is 0 Å². The highest BCUT2D eigenvalue weighted by Crippen LogP contribution is 2.36. The van der Waals surface area contributed by atoms with Gasteiger partial charge in [-0.15, -0.1) is 0 Å². The maximum absolute atomic E-state index is 13.0. The predicted octanol–water partition coefficient (Wildman–Crippen LogP) is 5.59. The second-order valence-electron chi connectivity index (χ2n) is 7.95. The average Bonchev–Trinajstić information content (AvgIpc) is 2.90. The number of hydrogen-bond acceptors (Lipinski definition) is 7. The molecule has 0 aliphatic heterocycles. The lowest BCUT2D eigenvalue weighted by Gasteiger charge is -2.17. The number of amides is 3. The molecule has 0 atom stereocenters. The highest BCUT2D eigenvalue weighted by atomic mass is 35.5. The van der Waals surface area contributed by atoms with Crippen molar-refractivity contribution in [2.75, 3.05) is 36.9 Å². The lowest BCUT2D eigenvalue weighted by atomic mass is 10.2. The largest absolute Gasteiger partial charge is 0.439 e. The summed E-state index contributed by atoms with van der Waals surface area (Å²) in [6, 6.07) is 9.70. The van der Waals surface area contributed by atoms with Crippen molar-refractivity contribution in [3.63, 3.8) is 0 Å². The van der Waals surface area contributed by atoms with E-state index in [1.807, 2.05) is 13.8 Å². The molecule has 0 aliphatic carbocycles. The molecule has 0 aliphatic rings. The van der Waals surface area contributed by atoms with E-state index in [2.05, 4.69) is 31.0 Å². The quantitative estimate of drug-likeness (QED) is 0.205. The molecule has 3 rings (SSSR count). The topological polar surface area (TPSA) is 118 Å². The van der Waals surface area contributed by atoms with E-state index in [4.69, 9.17) is 21.2 Å². The molecule has 39 heavy (non-hydrogen) atoms. The van der Waals surface area contributed by atoms with Gasteiger partial charge in [0.15, 0.2) is 0 Å². The van der Waals surface area contributed by atoms with Crippen LogP contribution in [0.2, 0.25) is 5.02 Å². The molecule has 208 valence electrons. The second kappa shape index (κ2) is 13.7. The van der Waals surface area contributed by atoms with Crippen LogP contribution >= 0.6 is 11.6 Å². The van der Waals surface area contributed by atoms with Gasteiger partial charge in [-0.1, -0.05) is 25.4 Å². The Kier molecular flexibility index (Phi) is 10.4. The van der Waals surface area contributed by atoms with Crippen LogP contribution in [-0.2, 0) is 11.0 Å². The maximum atomic E-state index is 13.0. The zero-order valence-corrected chi connectivity index (χ0v) is 21.8. The molecule has 0 unspecified atom stereocenters. The van der Waals surface area contributed by atoms with Crippen LogP contribution in [0.3, 0.4) is 0 Å². The normalized spacial score (nSPS) is 11.3. The molecule has 0 bridgehead atoms. The van der Waals surface area contributed by atoms with Crippen molar-refractivity contribution in [1.29, 1.82) is 0 Å². The van der Waals surface area contributed by atoms with E-state index in [0.29, 0.717) is 24.6 Å². The number of benzene rings is 2. The number of rotatable bonds is 11. The van der Waals surface area contributed by atoms with Crippen LogP contribution in [0.5, 0.6) is 11.6 Å². The number of urea groups is 1. The van der Waals surface area contributed by atoms with Crippen LogP contribution in [0.25, 0.3) is 0 Å². The van der Waals surface area contributed by atoms with Gasteiger partial charge in [-0.25, -0.2) is 20.2 Å². The predicted molar refractivity (Wildman–Crippen MR) is 139 cm³/mol. The Balaban J connectivity index is 1.53. The molecule has 10 nitrogen and oxygen atoms in total. The number of nitrogens with one attached hydrogen (secondary N) is 3. The SMILES string of the molecule is CCN(CC)CCONC(=O)c1cc(Oc2ccc(NC(=O)Nc3ccc(Cl)c(C(F)(F)F)c3)cc2)ncn1. The zero-order valence-electron chi connectivity index (χ0n) is 21.0. The fourth-order valence-corrected chi connectivity index (χ4v) is 3.47. The highest BCUT2D eigenvalue weighted by molar-refractivity contribution is 6.31. The third-order valence-electron chi connectivity index (χ3n) is 5.31. The van der Waals surface area contributed by atoms with Crippen LogP contribution in [0.15, 0.2) is 54.9 Å². The number of carbonyl (C=O) groups is 2. The second-order valence-corrected chi connectivity index (χ2v) is 8.35. The van der Waals surface area contributed by atoms with Crippen molar-refractivity contribution in [1.82, 2.24) is 20.3 Å². The van der Waals surface area contributed by atoms with E-state index >= 15 is 0 Å². The molecule has 0 fully saturated rings. The van der Waals surface area contributed by atoms with Crippen molar-refractivity contribution >= 4 is 34.9 Å². The number of nitrogens with zero attached hydrogens (tertiary/aromatic N) is 3. The van der Waals surface area contributed by atoms with Crippen LogP contribution in [0, 0.1) is 0 Å². The molecule has 1 heterocycles. The zero-order chi connectivity index (χ0) is 28.4. The molecule has 0 saturated heterocycles. The number of hydrogen-bond donors (Lipinski definition) is 3. The van der Waals surface area contributed by atoms with Crippen molar-refractivity contribution in [2.45, 2.75) is 20.0 Å². The minimum atomic E-state index is -4.66. The molecular weight excluding hydrogens is 541 g/mol. The lowest BCUT2D eigenvalue weighted by molar-refractivity contribution is -0.137. The fraction of sp³-hybridized carbons (Fsp3) is 0.280. The van der Waals surface area contributed by atoms with Crippen molar-refractivity contribution < 1.29 is 32.3 Å².